The summed E-state index contributed by atoms with van der Waals surface area (Å²) in [6.45, 7) is 4.13. The normalized spacial score (nSPS) is 13.5. The van der Waals surface area contributed by atoms with Gasteiger partial charge in [0.1, 0.15) is 0 Å². The molecule has 0 rings (SSSR count). The van der Waals surface area contributed by atoms with Gasteiger partial charge in [0.2, 0.25) is 0 Å². The van der Waals surface area contributed by atoms with Crippen molar-refractivity contribution in [3.63, 3.8) is 0 Å². The van der Waals surface area contributed by atoms with Crippen LogP contribution in [0.15, 0.2) is 24.3 Å². The molecule has 0 aliphatic rings. The Morgan fingerprint density at radius 1 is 1.00 bits per heavy atom. The fourth-order valence-corrected chi connectivity index (χ4v) is 9.47. The van der Waals surface area contributed by atoms with Crippen LogP contribution in [0.25, 0.3) is 0 Å². The van der Waals surface area contributed by atoms with E-state index in [0.29, 0.717) is 0 Å². The Bertz CT molecular complexity index is 134. The van der Waals surface area contributed by atoms with Crippen molar-refractivity contribution in [1.82, 2.24) is 0 Å². The number of allylic oxidation sites excluding steroid dienone is 4. The molecular formula is C8H14Br2Sn. The predicted molar refractivity (Wildman–Crippen MR) is 62.9 cm³/mol. The molecular weight excluding hydrogens is 375 g/mol. The van der Waals surface area contributed by atoms with E-state index < -0.39 is 13.9 Å². The molecule has 0 aromatic carbocycles. The summed E-state index contributed by atoms with van der Waals surface area (Å²) in [5.41, 5.74) is 0. The molecule has 11 heavy (non-hydrogen) atoms. The maximum atomic E-state index is 3.81. The molecule has 0 unspecified atom stereocenters. The molecule has 0 aromatic rings. The van der Waals surface area contributed by atoms with E-state index in [1.807, 2.05) is 0 Å². The van der Waals surface area contributed by atoms with Crippen LogP contribution in [0.5, 0.6) is 0 Å². The average Bonchev–Trinajstić information content (AvgIpc) is 1.97. The van der Waals surface area contributed by atoms with Crippen molar-refractivity contribution in [1.29, 1.82) is 0 Å². The van der Waals surface area contributed by atoms with Gasteiger partial charge in [0.05, 0.1) is 0 Å². The van der Waals surface area contributed by atoms with Crippen molar-refractivity contribution in [2.45, 2.75) is 22.7 Å². The monoisotopic (exact) mass is 388 g/mol. The number of rotatable bonds is 4. The van der Waals surface area contributed by atoms with E-state index in [2.05, 4.69) is 63.6 Å². The van der Waals surface area contributed by atoms with Gasteiger partial charge in [-0.15, -0.1) is 0 Å². The number of hydrogen-bond donors (Lipinski definition) is 0. The van der Waals surface area contributed by atoms with Crippen molar-refractivity contribution < 1.29 is 0 Å². The first-order chi connectivity index (χ1) is 5.12. The van der Waals surface area contributed by atoms with Gasteiger partial charge in [0.25, 0.3) is 0 Å². The number of hydrogen-bond acceptors (Lipinski definition) is 0. The number of halogens is 2. The second-order valence-electron chi connectivity index (χ2n) is 2.40. The van der Waals surface area contributed by atoms with E-state index in [-0.39, 0.29) is 0 Å². The molecule has 0 atom stereocenters. The van der Waals surface area contributed by atoms with Crippen LogP contribution in [0.3, 0.4) is 0 Å². The molecule has 0 spiro atoms. The van der Waals surface area contributed by atoms with E-state index in [1.165, 1.54) is 8.87 Å². The Balaban J connectivity index is 3.78. The van der Waals surface area contributed by atoms with Crippen LogP contribution in [0.4, 0.5) is 0 Å². The molecule has 0 fully saturated rings. The molecule has 0 N–H and O–H groups in total. The minimum absolute atomic E-state index is 1.22. The SMILES string of the molecule is CC=C[CH2][Sn]([Br])([Br])[CH2]C=CC. The van der Waals surface area contributed by atoms with Crippen LogP contribution >= 0.6 is 25.4 Å². The van der Waals surface area contributed by atoms with Gasteiger partial charge in [-0.05, 0) is 0 Å². The summed E-state index contributed by atoms with van der Waals surface area (Å²) in [5, 5.41) is 0. The molecule has 0 amide bonds. The molecule has 64 valence electrons. The van der Waals surface area contributed by atoms with Gasteiger partial charge in [0, 0.05) is 0 Å². The molecule has 0 aliphatic carbocycles. The van der Waals surface area contributed by atoms with Gasteiger partial charge in [-0.25, -0.2) is 0 Å². The van der Waals surface area contributed by atoms with Crippen LogP contribution in [0, 0.1) is 0 Å². The van der Waals surface area contributed by atoms with Crippen molar-refractivity contribution >= 4 is 39.3 Å². The second kappa shape index (κ2) is 6.72. The van der Waals surface area contributed by atoms with Crippen LogP contribution in [0.1, 0.15) is 13.8 Å². The Labute approximate surface area is 85.5 Å². The first-order valence-corrected chi connectivity index (χ1v) is 20.6. The van der Waals surface area contributed by atoms with Gasteiger partial charge in [0.15, 0.2) is 0 Å². The zero-order chi connectivity index (χ0) is 8.74. The van der Waals surface area contributed by atoms with E-state index in [9.17, 15) is 0 Å². The van der Waals surface area contributed by atoms with E-state index in [1.54, 1.807) is 0 Å². The van der Waals surface area contributed by atoms with Crippen molar-refractivity contribution in [3.05, 3.63) is 24.3 Å². The van der Waals surface area contributed by atoms with Crippen LogP contribution < -0.4 is 0 Å². The van der Waals surface area contributed by atoms with E-state index in [0.717, 1.165) is 0 Å². The Morgan fingerprint density at radius 3 is 1.64 bits per heavy atom. The van der Waals surface area contributed by atoms with E-state index >= 15 is 0 Å². The summed E-state index contributed by atoms with van der Waals surface area (Å²) in [6, 6.07) is 0. The first-order valence-electron chi connectivity index (χ1n) is 3.72. The third kappa shape index (κ3) is 7.59. The molecule has 0 saturated carbocycles. The standard InChI is InChI=1S/2C4H7.2BrH.Sn/c2*1-3-4-2;;;/h2*3-4H,1H2,2H3;2*1H;/q;;;;+2/p-2. The fraction of sp³-hybridized carbons (Fsp3) is 0.500. The molecule has 0 nitrogen and oxygen atoms in total. The third-order valence-electron chi connectivity index (χ3n) is 1.30. The van der Waals surface area contributed by atoms with Gasteiger partial charge in [-0.3, -0.25) is 0 Å². The van der Waals surface area contributed by atoms with Crippen molar-refractivity contribution in [2.75, 3.05) is 0 Å². The second-order valence-corrected chi connectivity index (χ2v) is 37.1. The third-order valence-corrected chi connectivity index (χ3v) is 14.7. The Morgan fingerprint density at radius 2 is 1.36 bits per heavy atom. The van der Waals surface area contributed by atoms with Crippen LogP contribution in [0.2, 0.25) is 8.87 Å². The van der Waals surface area contributed by atoms with Crippen LogP contribution in [-0.4, -0.2) is 13.9 Å². The Kier molecular flexibility index (Phi) is 7.48. The van der Waals surface area contributed by atoms with Gasteiger partial charge in [-0.2, -0.15) is 0 Å². The quantitative estimate of drug-likeness (QED) is 0.495. The molecule has 0 saturated heterocycles. The fourth-order valence-electron chi connectivity index (χ4n) is 0.664. The zero-order valence-corrected chi connectivity index (χ0v) is 13.0. The first kappa shape index (κ1) is 12.2. The summed E-state index contributed by atoms with van der Waals surface area (Å²) in [5.74, 6) is 0. The van der Waals surface area contributed by atoms with E-state index in [4.69, 9.17) is 0 Å². The topological polar surface area (TPSA) is 0 Å². The zero-order valence-electron chi connectivity index (χ0n) is 6.98. The molecule has 0 bridgehead atoms. The Hall–Kier alpha value is 1.24. The summed E-state index contributed by atoms with van der Waals surface area (Å²) in [7, 11) is 0. The molecule has 3 heteroatoms. The summed E-state index contributed by atoms with van der Waals surface area (Å²) in [6.07, 6.45) is 8.71. The summed E-state index contributed by atoms with van der Waals surface area (Å²) < 4.78 is 2.44. The van der Waals surface area contributed by atoms with Gasteiger partial charge >= 0.3 is 86.4 Å². The molecule has 0 heterocycles. The molecule has 0 aliphatic heterocycles. The molecule has 0 aromatic heterocycles. The average molecular weight is 389 g/mol. The van der Waals surface area contributed by atoms with Gasteiger partial charge < -0.3 is 0 Å². The summed E-state index contributed by atoms with van der Waals surface area (Å²) >= 11 is 5.63. The van der Waals surface area contributed by atoms with Gasteiger partial charge in [-0.1, -0.05) is 0 Å². The summed E-state index contributed by atoms with van der Waals surface area (Å²) in [4.78, 5) is 0. The molecule has 0 radical (unpaired) electrons. The van der Waals surface area contributed by atoms with Crippen molar-refractivity contribution in [3.8, 4) is 0 Å². The predicted octanol–water partition coefficient (Wildman–Crippen LogP) is 4.37. The maximum absolute atomic E-state index is 3.81. The van der Waals surface area contributed by atoms with Crippen LogP contribution in [-0.2, 0) is 0 Å². The van der Waals surface area contributed by atoms with Crippen molar-refractivity contribution in [2.24, 2.45) is 0 Å². The minimum atomic E-state index is -1.98.